The molecule has 0 bridgehead atoms. The molecule has 0 radical (unpaired) electrons. The van der Waals surface area contributed by atoms with Crippen molar-refractivity contribution in [2.75, 3.05) is 14.2 Å². The highest BCUT2D eigenvalue weighted by Gasteiger charge is 2.09. The van der Waals surface area contributed by atoms with E-state index in [0.717, 1.165) is 16.7 Å². The number of benzene rings is 2. The third kappa shape index (κ3) is 4.46. The number of rotatable bonds is 7. The van der Waals surface area contributed by atoms with Crippen molar-refractivity contribution in [1.82, 2.24) is 9.78 Å². The van der Waals surface area contributed by atoms with Gasteiger partial charge in [-0.25, -0.2) is 4.68 Å². The average Bonchev–Trinajstić information content (AvgIpc) is 2.69. The summed E-state index contributed by atoms with van der Waals surface area (Å²) in [5.74, 6) is 1.32. The van der Waals surface area contributed by atoms with Crippen LogP contribution in [0.1, 0.15) is 18.1 Å². The van der Waals surface area contributed by atoms with Gasteiger partial charge in [0.15, 0.2) is 11.5 Å². The normalized spacial score (nSPS) is 10.5. The number of ether oxygens (including phenoxy) is 2. The van der Waals surface area contributed by atoms with Crippen molar-refractivity contribution in [3.05, 3.63) is 76.1 Å². The molecule has 0 amide bonds. The van der Waals surface area contributed by atoms with Gasteiger partial charge in [0.25, 0.3) is 5.56 Å². The van der Waals surface area contributed by atoms with Crippen molar-refractivity contribution >= 4 is 5.78 Å². The highest BCUT2D eigenvalue weighted by molar-refractivity contribution is 5.78. The fourth-order valence-corrected chi connectivity index (χ4v) is 3.01. The number of carbonyl (C=O) groups is 1. The van der Waals surface area contributed by atoms with Gasteiger partial charge in [0.2, 0.25) is 0 Å². The smallest absolute Gasteiger partial charge is 0.267 e. The van der Waals surface area contributed by atoms with E-state index in [4.69, 9.17) is 9.47 Å². The van der Waals surface area contributed by atoms with Crippen LogP contribution in [0.25, 0.3) is 11.3 Å². The van der Waals surface area contributed by atoms with Crippen molar-refractivity contribution < 1.29 is 14.3 Å². The number of aromatic nitrogens is 2. The Morgan fingerprint density at radius 1 is 0.964 bits per heavy atom. The van der Waals surface area contributed by atoms with Gasteiger partial charge in [0.05, 0.1) is 26.5 Å². The predicted octanol–water partition coefficient (Wildman–Crippen LogP) is 3.11. The highest BCUT2D eigenvalue weighted by atomic mass is 16.5. The van der Waals surface area contributed by atoms with Crippen LogP contribution in [0.3, 0.4) is 0 Å². The monoisotopic (exact) mass is 378 g/mol. The van der Waals surface area contributed by atoms with Gasteiger partial charge in [0.1, 0.15) is 5.78 Å². The number of hydrogen-bond acceptors (Lipinski definition) is 5. The Morgan fingerprint density at radius 3 is 2.43 bits per heavy atom. The largest absolute Gasteiger partial charge is 0.493 e. The van der Waals surface area contributed by atoms with Crippen molar-refractivity contribution in [3.63, 3.8) is 0 Å². The lowest BCUT2D eigenvalue weighted by Crippen LogP contribution is -2.22. The first-order valence-electron chi connectivity index (χ1n) is 8.88. The molecule has 0 spiro atoms. The molecule has 0 saturated carbocycles. The molecule has 0 saturated heterocycles. The summed E-state index contributed by atoms with van der Waals surface area (Å²) in [6.45, 7) is 1.89. The van der Waals surface area contributed by atoms with Crippen LogP contribution in [0.15, 0.2) is 59.4 Å². The second-order valence-corrected chi connectivity index (χ2v) is 6.48. The van der Waals surface area contributed by atoms with Crippen molar-refractivity contribution in [2.45, 2.75) is 19.9 Å². The molecule has 6 nitrogen and oxygen atoms in total. The molecule has 3 rings (SSSR count). The first-order chi connectivity index (χ1) is 13.5. The molecule has 0 unspecified atom stereocenters. The topological polar surface area (TPSA) is 70.4 Å². The molecule has 144 valence electrons. The second-order valence-electron chi connectivity index (χ2n) is 6.48. The Hall–Kier alpha value is -3.41. The van der Waals surface area contributed by atoms with Gasteiger partial charge in [-0.1, -0.05) is 24.3 Å². The summed E-state index contributed by atoms with van der Waals surface area (Å²) in [6, 6.07) is 16.3. The zero-order chi connectivity index (χ0) is 20.1. The molecule has 1 aromatic heterocycles. The minimum atomic E-state index is -0.193. The molecule has 3 aromatic rings. The Morgan fingerprint density at radius 2 is 1.71 bits per heavy atom. The van der Waals surface area contributed by atoms with Gasteiger partial charge >= 0.3 is 0 Å². The maximum absolute atomic E-state index is 12.3. The molecular formula is C22H22N2O4. The molecule has 6 heteroatoms. The number of hydrogen-bond donors (Lipinski definition) is 0. The third-order valence-electron chi connectivity index (χ3n) is 4.32. The number of Topliss-reactive ketones (excluding diaryl/α,β-unsaturated/α-hetero) is 1. The Labute approximate surface area is 163 Å². The van der Waals surface area contributed by atoms with E-state index in [1.165, 1.54) is 10.7 Å². The van der Waals surface area contributed by atoms with E-state index in [9.17, 15) is 9.59 Å². The molecule has 0 aliphatic rings. The van der Waals surface area contributed by atoms with E-state index >= 15 is 0 Å². The highest BCUT2D eigenvalue weighted by Crippen LogP contribution is 2.31. The van der Waals surface area contributed by atoms with Gasteiger partial charge < -0.3 is 9.47 Å². The molecular weight excluding hydrogens is 356 g/mol. The van der Waals surface area contributed by atoms with Crippen LogP contribution in [0.2, 0.25) is 0 Å². The fourth-order valence-electron chi connectivity index (χ4n) is 3.01. The van der Waals surface area contributed by atoms with Crippen LogP contribution in [-0.2, 0) is 17.8 Å². The number of nitrogens with zero attached hydrogens (tertiary/aromatic N) is 2. The maximum Gasteiger partial charge on any atom is 0.267 e. The molecule has 0 atom stereocenters. The van der Waals surface area contributed by atoms with Crippen molar-refractivity contribution in [2.24, 2.45) is 0 Å². The van der Waals surface area contributed by atoms with Gasteiger partial charge in [-0.05, 0) is 42.3 Å². The predicted molar refractivity (Wildman–Crippen MR) is 107 cm³/mol. The number of methoxy groups -OCH3 is 2. The lowest BCUT2D eigenvalue weighted by molar-refractivity contribution is -0.116. The van der Waals surface area contributed by atoms with Gasteiger partial charge in [-0.3, -0.25) is 9.59 Å². The van der Waals surface area contributed by atoms with Crippen LogP contribution in [-0.4, -0.2) is 29.8 Å². The van der Waals surface area contributed by atoms with Gasteiger partial charge in [0, 0.05) is 18.1 Å². The summed E-state index contributed by atoms with van der Waals surface area (Å²) in [4.78, 5) is 23.6. The first kappa shape index (κ1) is 19.4. The molecule has 28 heavy (non-hydrogen) atoms. The zero-order valence-corrected chi connectivity index (χ0v) is 16.1. The molecule has 0 fully saturated rings. The Kier molecular flexibility index (Phi) is 5.89. The van der Waals surface area contributed by atoms with E-state index in [2.05, 4.69) is 5.10 Å². The van der Waals surface area contributed by atoms with E-state index in [-0.39, 0.29) is 11.3 Å². The molecule has 0 aliphatic heterocycles. The minimum Gasteiger partial charge on any atom is -0.493 e. The van der Waals surface area contributed by atoms with Gasteiger partial charge in [-0.2, -0.15) is 5.10 Å². The summed E-state index contributed by atoms with van der Waals surface area (Å²) in [5.41, 5.74) is 3.12. The van der Waals surface area contributed by atoms with E-state index in [0.29, 0.717) is 30.2 Å². The van der Waals surface area contributed by atoms with Crippen LogP contribution in [0.4, 0.5) is 0 Å². The van der Waals surface area contributed by atoms with Crippen LogP contribution in [0.5, 0.6) is 11.5 Å². The maximum atomic E-state index is 12.3. The van der Waals surface area contributed by atoms with Crippen LogP contribution >= 0.6 is 0 Å². The Balaban J connectivity index is 1.92. The third-order valence-corrected chi connectivity index (χ3v) is 4.32. The van der Waals surface area contributed by atoms with Crippen LogP contribution in [0, 0.1) is 0 Å². The first-order valence-corrected chi connectivity index (χ1v) is 8.88. The summed E-state index contributed by atoms with van der Waals surface area (Å²) in [7, 11) is 3.15. The number of carbonyl (C=O) groups excluding carboxylic acids is 1. The molecule has 2 aromatic carbocycles. The summed E-state index contributed by atoms with van der Waals surface area (Å²) in [6.07, 6.45) is 0.377. The molecule has 0 N–H and O–H groups in total. The summed E-state index contributed by atoms with van der Waals surface area (Å²) >= 11 is 0. The molecule has 1 heterocycles. The standard InChI is InChI=1S/C22H22N2O4/c1-15(25)11-16-5-4-6-17(12-16)14-24-22(26)10-8-19(23-24)18-7-9-20(27-2)21(13-18)28-3/h4-10,12-13H,11,14H2,1-3H3. The summed E-state index contributed by atoms with van der Waals surface area (Å²) in [5, 5.41) is 4.50. The van der Waals surface area contributed by atoms with E-state index in [1.54, 1.807) is 33.3 Å². The van der Waals surface area contributed by atoms with Gasteiger partial charge in [-0.15, -0.1) is 0 Å². The summed E-state index contributed by atoms with van der Waals surface area (Å²) < 4.78 is 12.0. The Bertz CT molecular complexity index is 1060. The van der Waals surface area contributed by atoms with Crippen LogP contribution < -0.4 is 15.0 Å². The van der Waals surface area contributed by atoms with E-state index < -0.39 is 0 Å². The van der Waals surface area contributed by atoms with E-state index in [1.807, 2.05) is 36.4 Å². The van der Waals surface area contributed by atoms with Crippen molar-refractivity contribution in [1.29, 1.82) is 0 Å². The SMILES string of the molecule is COc1ccc(-c2ccc(=O)n(Cc3cccc(CC(C)=O)c3)n2)cc1OC. The second kappa shape index (κ2) is 8.52. The lowest BCUT2D eigenvalue weighted by atomic mass is 10.1. The fraction of sp³-hybridized carbons (Fsp3) is 0.227. The average molecular weight is 378 g/mol. The zero-order valence-electron chi connectivity index (χ0n) is 16.1. The van der Waals surface area contributed by atoms with Crippen molar-refractivity contribution in [3.8, 4) is 22.8 Å². The molecule has 0 aliphatic carbocycles. The minimum absolute atomic E-state index is 0.0999. The lowest BCUT2D eigenvalue weighted by Gasteiger charge is -2.11. The number of ketones is 1. The quantitative estimate of drug-likeness (QED) is 0.632.